The average molecular weight is 337 g/mol. The zero-order valence-corrected chi connectivity index (χ0v) is 12.9. The summed E-state index contributed by atoms with van der Waals surface area (Å²) in [6.07, 6.45) is -3.31. The van der Waals surface area contributed by atoms with Gasteiger partial charge in [0, 0.05) is 6.54 Å². The Kier molecular flexibility index (Phi) is 4.84. The van der Waals surface area contributed by atoms with Gasteiger partial charge in [0.1, 0.15) is 0 Å². The molecule has 1 aromatic rings. The number of hydrogen-bond acceptors (Lipinski definition) is 3. The van der Waals surface area contributed by atoms with Crippen LogP contribution in [0.2, 0.25) is 0 Å². The molecule has 8 heteroatoms. The van der Waals surface area contributed by atoms with Crippen molar-refractivity contribution in [2.75, 3.05) is 6.54 Å². The van der Waals surface area contributed by atoms with Gasteiger partial charge in [-0.05, 0) is 44.0 Å². The van der Waals surface area contributed by atoms with Gasteiger partial charge in [-0.25, -0.2) is 8.42 Å². The van der Waals surface area contributed by atoms with Gasteiger partial charge in [-0.3, -0.25) is 0 Å². The molecule has 0 bridgehead atoms. The molecule has 22 heavy (non-hydrogen) atoms. The van der Waals surface area contributed by atoms with Crippen LogP contribution in [-0.2, 0) is 16.2 Å². The number of nitrogens with zero attached hydrogens (tertiary/aromatic N) is 1. The lowest BCUT2D eigenvalue weighted by Gasteiger charge is -2.36. The second-order valence-corrected chi connectivity index (χ2v) is 7.33. The molecular weight excluding hydrogens is 319 g/mol. The van der Waals surface area contributed by atoms with Gasteiger partial charge in [0.25, 0.3) is 0 Å². The summed E-state index contributed by atoms with van der Waals surface area (Å²) >= 11 is 0. The minimum atomic E-state index is -4.50. The Morgan fingerprint density at radius 2 is 1.82 bits per heavy atom. The summed E-state index contributed by atoms with van der Waals surface area (Å²) < 4.78 is 64.0. The first-order chi connectivity index (χ1) is 10.1. The Morgan fingerprint density at radius 3 is 2.32 bits per heavy atom. The number of sulfonamides is 1. The van der Waals surface area contributed by atoms with E-state index in [2.05, 4.69) is 0 Å². The molecule has 0 saturated carbocycles. The fourth-order valence-corrected chi connectivity index (χ4v) is 4.42. The summed E-state index contributed by atoms with van der Waals surface area (Å²) in [6, 6.07) is 2.90. The maximum atomic E-state index is 12.6. The first-order valence-electron chi connectivity index (χ1n) is 7.01. The molecule has 4 nitrogen and oxygen atoms in total. The normalized spacial score (nSPS) is 22.5. The molecule has 1 aliphatic heterocycles. The zero-order chi connectivity index (χ0) is 16.5. The molecule has 1 aromatic carbocycles. The number of aliphatic hydroxyl groups is 1. The van der Waals surface area contributed by atoms with Crippen LogP contribution in [-0.4, -0.2) is 36.5 Å². The largest absolute Gasteiger partial charge is 0.416 e. The van der Waals surface area contributed by atoms with Gasteiger partial charge in [-0.2, -0.15) is 17.5 Å². The minimum Gasteiger partial charge on any atom is -0.392 e. The van der Waals surface area contributed by atoms with Crippen LogP contribution in [0.4, 0.5) is 13.2 Å². The third kappa shape index (κ3) is 3.44. The number of alkyl halides is 3. The molecule has 2 unspecified atom stereocenters. The van der Waals surface area contributed by atoms with Gasteiger partial charge in [0.15, 0.2) is 0 Å². The van der Waals surface area contributed by atoms with E-state index >= 15 is 0 Å². The lowest BCUT2D eigenvalue weighted by molar-refractivity contribution is -0.137. The molecule has 0 radical (unpaired) electrons. The molecule has 0 aromatic heterocycles. The van der Waals surface area contributed by atoms with Gasteiger partial charge < -0.3 is 5.11 Å². The topological polar surface area (TPSA) is 57.6 Å². The zero-order valence-electron chi connectivity index (χ0n) is 12.0. The molecule has 1 N–H and O–H groups in total. The number of halogens is 3. The maximum absolute atomic E-state index is 12.6. The summed E-state index contributed by atoms with van der Waals surface area (Å²) in [5, 5.41) is 9.75. The molecule has 2 atom stereocenters. The van der Waals surface area contributed by atoms with Crippen LogP contribution >= 0.6 is 0 Å². The SMILES string of the molecule is CC(O)C1CCCCN1S(=O)(=O)c1ccc(C(F)(F)F)cc1. The van der Waals surface area contributed by atoms with Crippen LogP contribution in [0.1, 0.15) is 31.7 Å². The van der Waals surface area contributed by atoms with Crippen molar-refractivity contribution in [2.24, 2.45) is 0 Å². The first kappa shape index (κ1) is 17.2. The van der Waals surface area contributed by atoms with Crippen molar-refractivity contribution in [3.8, 4) is 0 Å². The number of rotatable bonds is 3. The lowest BCUT2D eigenvalue weighted by atomic mass is 10.0. The van der Waals surface area contributed by atoms with Gasteiger partial charge in [-0.15, -0.1) is 0 Å². The molecule has 1 aliphatic rings. The van der Waals surface area contributed by atoms with Gasteiger partial charge >= 0.3 is 6.18 Å². The third-order valence-electron chi connectivity index (χ3n) is 3.84. The quantitative estimate of drug-likeness (QED) is 0.922. The van der Waals surface area contributed by atoms with E-state index in [1.165, 1.54) is 11.2 Å². The smallest absolute Gasteiger partial charge is 0.392 e. The van der Waals surface area contributed by atoms with Crippen LogP contribution in [0.15, 0.2) is 29.2 Å². The maximum Gasteiger partial charge on any atom is 0.416 e. The summed E-state index contributed by atoms with van der Waals surface area (Å²) in [6.45, 7) is 1.78. The molecule has 0 aliphatic carbocycles. The molecule has 0 spiro atoms. The molecule has 1 heterocycles. The highest BCUT2D eigenvalue weighted by atomic mass is 32.2. The Balaban J connectivity index is 2.33. The van der Waals surface area contributed by atoms with Crippen molar-refractivity contribution in [1.29, 1.82) is 0 Å². The van der Waals surface area contributed by atoms with E-state index < -0.39 is 33.9 Å². The summed E-state index contributed by atoms with van der Waals surface area (Å²) in [7, 11) is -3.91. The van der Waals surface area contributed by atoms with E-state index in [0.717, 1.165) is 30.7 Å². The number of piperidine rings is 1. The van der Waals surface area contributed by atoms with Gasteiger partial charge in [0.2, 0.25) is 10.0 Å². The standard InChI is InChI=1S/C14H18F3NO3S/c1-10(19)13-4-2-3-9-18(13)22(20,21)12-7-5-11(6-8-12)14(15,16)17/h5-8,10,13,19H,2-4,9H2,1H3. The number of aliphatic hydroxyl groups excluding tert-OH is 1. The fraction of sp³-hybridized carbons (Fsp3) is 0.571. The highest BCUT2D eigenvalue weighted by Gasteiger charge is 2.36. The Morgan fingerprint density at radius 1 is 1.23 bits per heavy atom. The lowest BCUT2D eigenvalue weighted by Crippen LogP contribution is -2.48. The molecule has 0 amide bonds. The minimum absolute atomic E-state index is 0.187. The van der Waals surface area contributed by atoms with Crippen molar-refractivity contribution in [2.45, 2.75) is 49.4 Å². The molecule has 2 rings (SSSR count). The number of hydrogen-bond donors (Lipinski definition) is 1. The van der Waals surface area contributed by atoms with Crippen molar-refractivity contribution in [3.05, 3.63) is 29.8 Å². The van der Waals surface area contributed by atoms with Gasteiger partial charge in [-0.1, -0.05) is 6.42 Å². The van der Waals surface area contributed by atoms with Crippen LogP contribution in [0, 0.1) is 0 Å². The van der Waals surface area contributed by atoms with Crippen LogP contribution < -0.4 is 0 Å². The molecule has 1 fully saturated rings. The van der Waals surface area contributed by atoms with Gasteiger partial charge in [0.05, 0.1) is 22.6 Å². The molecular formula is C14H18F3NO3S. The van der Waals surface area contributed by atoms with Crippen molar-refractivity contribution < 1.29 is 26.7 Å². The van der Waals surface area contributed by atoms with Crippen LogP contribution in [0.5, 0.6) is 0 Å². The number of benzene rings is 1. The van der Waals surface area contributed by atoms with Crippen molar-refractivity contribution in [1.82, 2.24) is 4.31 Å². The Hall–Kier alpha value is -1.12. The molecule has 1 saturated heterocycles. The second kappa shape index (κ2) is 6.17. The van der Waals surface area contributed by atoms with E-state index in [4.69, 9.17) is 0 Å². The summed E-state index contributed by atoms with van der Waals surface area (Å²) in [4.78, 5) is -0.187. The van der Waals surface area contributed by atoms with E-state index in [0.29, 0.717) is 12.8 Å². The van der Waals surface area contributed by atoms with Crippen molar-refractivity contribution in [3.63, 3.8) is 0 Å². The van der Waals surface area contributed by atoms with E-state index in [1.54, 1.807) is 0 Å². The third-order valence-corrected chi connectivity index (χ3v) is 5.78. The predicted molar refractivity (Wildman–Crippen MR) is 74.7 cm³/mol. The molecule has 124 valence electrons. The average Bonchev–Trinajstić information content (AvgIpc) is 2.46. The monoisotopic (exact) mass is 337 g/mol. The second-order valence-electron chi connectivity index (χ2n) is 5.44. The summed E-state index contributed by atoms with van der Waals surface area (Å²) in [5.74, 6) is 0. The van der Waals surface area contributed by atoms with E-state index in [9.17, 15) is 26.7 Å². The van der Waals surface area contributed by atoms with Crippen LogP contribution in [0.25, 0.3) is 0 Å². The highest BCUT2D eigenvalue weighted by molar-refractivity contribution is 7.89. The fourth-order valence-electron chi connectivity index (χ4n) is 2.66. The van der Waals surface area contributed by atoms with Crippen molar-refractivity contribution >= 4 is 10.0 Å². The highest BCUT2D eigenvalue weighted by Crippen LogP contribution is 2.31. The Bertz CT molecular complexity index is 611. The predicted octanol–water partition coefficient (Wildman–Crippen LogP) is 2.63. The van der Waals surface area contributed by atoms with Crippen LogP contribution in [0.3, 0.4) is 0 Å². The Labute approximate surface area is 127 Å². The first-order valence-corrected chi connectivity index (χ1v) is 8.45. The van der Waals surface area contributed by atoms with E-state index in [1.807, 2.05) is 0 Å². The van der Waals surface area contributed by atoms with E-state index in [-0.39, 0.29) is 11.4 Å². The summed E-state index contributed by atoms with van der Waals surface area (Å²) in [5.41, 5.74) is -0.892.